The van der Waals surface area contributed by atoms with Crippen molar-refractivity contribution in [2.45, 2.75) is 13.0 Å². The van der Waals surface area contributed by atoms with Crippen molar-refractivity contribution >= 4 is 15.9 Å². The van der Waals surface area contributed by atoms with Crippen LogP contribution in [0.2, 0.25) is 0 Å². The molecule has 0 N–H and O–H groups in total. The minimum absolute atomic E-state index is 0.0353. The fourth-order valence-electron chi connectivity index (χ4n) is 2.88. The SMILES string of the molecule is O=C(N1CCS(=O)(=O)CC1)N1CCc2c(F)cc(F)cc2C1. The van der Waals surface area contributed by atoms with Gasteiger partial charge >= 0.3 is 6.03 Å². The molecule has 2 heterocycles. The van der Waals surface area contributed by atoms with Gasteiger partial charge in [-0.1, -0.05) is 0 Å². The molecule has 0 atom stereocenters. The number of benzene rings is 1. The van der Waals surface area contributed by atoms with Gasteiger partial charge in [-0.3, -0.25) is 0 Å². The van der Waals surface area contributed by atoms with Crippen molar-refractivity contribution in [1.29, 1.82) is 0 Å². The van der Waals surface area contributed by atoms with Gasteiger partial charge in [0.05, 0.1) is 11.5 Å². The summed E-state index contributed by atoms with van der Waals surface area (Å²) in [5.74, 6) is -1.31. The van der Waals surface area contributed by atoms with Gasteiger partial charge in [-0.15, -0.1) is 0 Å². The summed E-state index contributed by atoms with van der Waals surface area (Å²) >= 11 is 0. The molecule has 0 radical (unpaired) electrons. The first-order valence-corrected chi connectivity index (χ1v) is 8.89. The van der Waals surface area contributed by atoms with Crippen LogP contribution in [0.4, 0.5) is 13.6 Å². The molecule has 2 amide bonds. The molecule has 1 aromatic carbocycles. The van der Waals surface area contributed by atoms with Crippen molar-refractivity contribution in [3.05, 3.63) is 34.9 Å². The van der Waals surface area contributed by atoms with E-state index in [4.69, 9.17) is 0 Å². The Morgan fingerprint density at radius 3 is 2.41 bits per heavy atom. The molecule has 0 spiro atoms. The molecule has 0 saturated carbocycles. The fourth-order valence-corrected chi connectivity index (χ4v) is 4.08. The van der Waals surface area contributed by atoms with E-state index in [0.717, 1.165) is 6.07 Å². The van der Waals surface area contributed by atoms with Crippen molar-refractivity contribution in [1.82, 2.24) is 9.80 Å². The van der Waals surface area contributed by atoms with E-state index in [2.05, 4.69) is 0 Å². The highest BCUT2D eigenvalue weighted by Crippen LogP contribution is 2.24. The topological polar surface area (TPSA) is 57.7 Å². The number of sulfone groups is 1. The number of nitrogens with zero attached hydrogens (tertiary/aromatic N) is 2. The number of hydrogen-bond donors (Lipinski definition) is 0. The lowest BCUT2D eigenvalue weighted by Crippen LogP contribution is -2.50. The molecule has 0 unspecified atom stereocenters. The maximum Gasteiger partial charge on any atom is 0.320 e. The monoisotopic (exact) mass is 330 g/mol. The summed E-state index contributed by atoms with van der Waals surface area (Å²) in [6.45, 7) is 0.827. The van der Waals surface area contributed by atoms with Crippen LogP contribution in [-0.4, -0.2) is 55.4 Å². The summed E-state index contributed by atoms with van der Waals surface area (Å²) in [5, 5.41) is 0. The van der Waals surface area contributed by atoms with Crippen LogP contribution in [0.5, 0.6) is 0 Å². The smallest absolute Gasteiger partial charge is 0.320 e. The molecular formula is C14H16F2N2O3S. The molecule has 0 bridgehead atoms. The highest BCUT2D eigenvalue weighted by Gasteiger charge is 2.30. The summed E-state index contributed by atoms with van der Waals surface area (Å²) in [7, 11) is -3.05. The summed E-state index contributed by atoms with van der Waals surface area (Å²) in [4.78, 5) is 15.4. The number of urea groups is 1. The number of carbonyl (C=O) groups is 1. The largest absolute Gasteiger partial charge is 0.323 e. The average Bonchev–Trinajstić information content (AvgIpc) is 2.45. The van der Waals surface area contributed by atoms with E-state index < -0.39 is 21.5 Å². The molecule has 1 aromatic rings. The zero-order valence-corrected chi connectivity index (χ0v) is 12.7. The molecular weight excluding hydrogens is 314 g/mol. The van der Waals surface area contributed by atoms with E-state index in [1.54, 1.807) is 0 Å². The molecule has 22 heavy (non-hydrogen) atoms. The summed E-state index contributed by atoms with van der Waals surface area (Å²) in [5.41, 5.74) is 0.924. The first-order chi connectivity index (χ1) is 10.4. The number of fused-ring (bicyclic) bond motifs is 1. The summed E-state index contributed by atoms with van der Waals surface area (Å²) in [6.07, 6.45) is 0.333. The zero-order valence-electron chi connectivity index (χ0n) is 11.9. The average molecular weight is 330 g/mol. The third-order valence-corrected chi connectivity index (χ3v) is 5.74. The molecule has 120 valence electrons. The Labute approximate surface area is 127 Å². The molecule has 8 heteroatoms. The van der Waals surface area contributed by atoms with Gasteiger partial charge in [0.25, 0.3) is 0 Å². The minimum atomic E-state index is -3.05. The van der Waals surface area contributed by atoms with E-state index in [1.807, 2.05) is 0 Å². The Hall–Kier alpha value is -1.70. The van der Waals surface area contributed by atoms with E-state index >= 15 is 0 Å². The normalized spacial score (nSPS) is 20.6. The molecule has 3 rings (SSSR count). The van der Waals surface area contributed by atoms with Crippen molar-refractivity contribution in [3.8, 4) is 0 Å². The van der Waals surface area contributed by atoms with Gasteiger partial charge in [0.1, 0.15) is 11.6 Å². The first-order valence-electron chi connectivity index (χ1n) is 7.07. The van der Waals surface area contributed by atoms with Gasteiger partial charge in [-0.2, -0.15) is 0 Å². The predicted octanol–water partition coefficient (Wildman–Crippen LogP) is 1.17. The second kappa shape index (κ2) is 5.49. The molecule has 2 aliphatic heterocycles. The highest BCUT2D eigenvalue weighted by molar-refractivity contribution is 7.91. The summed E-state index contributed by atoms with van der Waals surface area (Å²) < 4.78 is 49.8. The second-order valence-corrected chi connectivity index (χ2v) is 7.92. The maximum atomic E-state index is 13.7. The number of halogens is 2. The van der Waals surface area contributed by atoms with Gasteiger partial charge in [-0.25, -0.2) is 22.0 Å². The molecule has 0 aliphatic carbocycles. The van der Waals surface area contributed by atoms with Crippen molar-refractivity contribution in [3.63, 3.8) is 0 Å². The van der Waals surface area contributed by atoms with E-state index in [0.29, 0.717) is 24.1 Å². The maximum absolute atomic E-state index is 13.7. The lowest BCUT2D eigenvalue weighted by Gasteiger charge is -2.35. The Kier molecular flexibility index (Phi) is 3.80. The van der Waals surface area contributed by atoms with Gasteiger partial charge in [0.2, 0.25) is 0 Å². The van der Waals surface area contributed by atoms with Gasteiger partial charge < -0.3 is 9.80 Å². The quantitative estimate of drug-likeness (QED) is 0.718. The molecule has 5 nitrogen and oxygen atoms in total. The van der Waals surface area contributed by atoms with E-state index in [-0.39, 0.29) is 37.2 Å². The Morgan fingerprint density at radius 1 is 1.05 bits per heavy atom. The highest BCUT2D eigenvalue weighted by atomic mass is 32.2. The van der Waals surface area contributed by atoms with E-state index in [9.17, 15) is 22.0 Å². The van der Waals surface area contributed by atoms with Crippen LogP contribution < -0.4 is 0 Å². The Balaban J connectivity index is 1.73. The first kappa shape index (κ1) is 15.2. The van der Waals surface area contributed by atoms with Crippen LogP contribution in [0.25, 0.3) is 0 Å². The summed E-state index contributed by atoms with van der Waals surface area (Å²) in [6, 6.07) is 1.83. The fraction of sp³-hybridized carbons (Fsp3) is 0.500. The third kappa shape index (κ3) is 2.92. The van der Waals surface area contributed by atoms with Crippen molar-refractivity contribution < 1.29 is 22.0 Å². The second-order valence-electron chi connectivity index (χ2n) is 5.62. The van der Waals surface area contributed by atoms with Crippen LogP contribution in [0.3, 0.4) is 0 Å². The number of carbonyl (C=O) groups excluding carboxylic acids is 1. The van der Waals surface area contributed by atoms with Gasteiger partial charge in [-0.05, 0) is 23.6 Å². The Bertz CT molecular complexity index is 707. The lowest BCUT2D eigenvalue weighted by atomic mass is 9.99. The van der Waals surface area contributed by atoms with Crippen LogP contribution in [0, 0.1) is 11.6 Å². The van der Waals surface area contributed by atoms with Gasteiger partial charge in [0.15, 0.2) is 9.84 Å². The van der Waals surface area contributed by atoms with Crippen LogP contribution in [0.15, 0.2) is 12.1 Å². The van der Waals surface area contributed by atoms with Gasteiger partial charge in [0, 0.05) is 32.2 Å². The number of amides is 2. The standard InChI is InChI=1S/C14H16F2N2O3S/c15-11-7-10-9-18(2-1-12(10)13(16)8-11)14(19)17-3-5-22(20,21)6-4-17/h7-8H,1-6,9H2. The van der Waals surface area contributed by atoms with Crippen LogP contribution >= 0.6 is 0 Å². The minimum Gasteiger partial charge on any atom is -0.323 e. The molecule has 1 fully saturated rings. The molecule has 0 aromatic heterocycles. The lowest BCUT2D eigenvalue weighted by molar-refractivity contribution is 0.151. The van der Waals surface area contributed by atoms with Crippen LogP contribution in [-0.2, 0) is 22.8 Å². The third-order valence-electron chi connectivity index (χ3n) is 4.13. The van der Waals surface area contributed by atoms with Crippen molar-refractivity contribution in [2.24, 2.45) is 0 Å². The van der Waals surface area contributed by atoms with E-state index in [1.165, 1.54) is 15.9 Å². The predicted molar refractivity (Wildman–Crippen MR) is 76.1 cm³/mol. The van der Waals surface area contributed by atoms with Crippen molar-refractivity contribution in [2.75, 3.05) is 31.1 Å². The zero-order chi connectivity index (χ0) is 15.9. The molecule has 2 aliphatic rings. The molecule has 1 saturated heterocycles. The van der Waals surface area contributed by atoms with Crippen LogP contribution in [0.1, 0.15) is 11.1 Å². The number of hydrogen-bond acceptors (Lipinski definition) is 3. The number of rotatable bonds is 0. The Morgan fingerprint density at radius 2 is 1.73 bits per heavy atom.